The van der Waals surface area contributed by atoms with Gasteiger partial charge in [0.25, 0.3) is 0 Å². The fourth-order valence-corrected chi connectivity index (χ4v) is 1.16. The Morgan fingerprint density at radius 1 is 1.38 bits per heavy atom. The van der Waals surface area contributed by atoms with Crippen molar-refractivity contribution in [2.75, 3.05) is 0 Å². The van der Waals surface area contributed by atoms with Crippen LogP contribution in [0.3, 0.4) is 0 Å². The molecule has 0 radical (unpaired) electrons. The molecule has 4 nitrogen and oxygen atoms in total. The lowest BCUT2D eigenvalue weighted by Gasteiger charge is -1.97. The average Bonchev–Trinajstić information content (AvgIpc) is 2.52. The molecule has 13 heavy (non-hydrogen) atoms. The van der Waals surface area contributed by atoms with E-state index in [0.29, 0.717) is 10.4 Å². The SMILES string of the molecule is Fc1cc(-n2cnc(Br)n2)ccn1. The minimum Gasteiger partial charge on any atom is -0.228 e. The average molecular weight is 243 g/mol. The van der Waals surface area contributed by atoms with Crippen molar-refractivity contribution in [3.63, 3.8) is 0 Å². The van der Waals surface area contributed by atoms with Gasteiger partial charge in [0.2, 0.25) is 10.7 Å². The molecule has 0 saturated heterocycles. The largest absolute Gasteiger partial charge is 0.228 e. The fraction of sp³-hybridized carbons (Fsp3) is 0. The first-order chi connectivity index (χ1) is 6.25. The zero-order chi connectivity index (χ0) is 9.26. The monoisotopic (exact) mass is 242 g/mol. The first-order valence-corrected chi connectivity index (χ1v) is 4.24. The van der Waals surface area contributed by atoms with Gasteiger partial charge in [0, 0.05) is 12.3 Å². The van der Waals surface area contributed by atoms with Gasteiger partial charge in [-0.25, -0.2) is 14.6 Å². The first kappa shape index (κ1) is 8.31. The van der Waals surface area contributed by atoms with E-state index in [1.54, 1.807) is 6.07 Å². The smallest absolute Gasteiger partial charge is 0.217 e. The summed E-state index contributed by atoms with van der Waals surface area (Å²) in [5, 5.41) is 3.95. The van der Waals surface area contributed by atoms with Gasteiger partial charge >= 0.3 is 0 Å². The Labute approximate surface area is 81.6 Å². The van der Waals surface area contributed by atoms with Crippen molar-refractivity contribution in [2.45, 2.75) is 0 Å². The molecule has 0 unspecified atom stereocenters. The molecular formula is C7H4BrFN4. The van der Waals surface area contributed by atoms with E-state index in [1.165, 1.54) is 23.3 Å². The highest BCUT2D eigenvalue weighted by atomic mass is 79.9. The maximum atomic E-state index is 12.7. The van der Waals surface area contributed by atoms with Crippen molar-refractivity contribution in [1.82, 2.24) is 19.7 Å². The molecule has 0 aromatic carbocycles. The van der Waals surface area contributed by atoms with Crippen LogP contribution in [0.4, 0.5) is 4.39 Å². The molecule has 0 aliphatic carbocycles. The molecule has 2 aromatic rings. The molecule has 0 aliphatic rings. The van der Waals surface area contributed by atoms with Crippen LogP contribution in [0.15, 0.2) is 29.4 Å². The summed E-state index contributed by atoms with van der Waals surface area (Å²) in [4.78, 5) is 7.28. The van der Waals surface area contributed by atoms with E-state index >= 15 is 0 Å². The summed E-state index contributed by atoms with van der Waals surface area (Å²) in [5.41, 5.74) is 0.589. The molecule has 0 N–H and O–H groups in total. The number of nitrogens with zero attached hydrogens (tertiary/aromatic N) is 4. The molecule has 2 aromatic heterocycles. The summed E-state index contributed by atoms with van der Waals surface area (Å²) in [6, 6.07) is 2.92. The highest BCUT2D eigenvalue weighted by Gasteiger charge is 2.00. The maximum absolute atomic E-state index is 12.7. The summed E-state index contributed by atoms with van der Waals surface area (Å²) >= 11 is 3.10. The molecule has 0 amide bonds. The van der Waals surface area contributed by atoms with Gasteiger partial charge in [-0.1, -0.05) is 0 Å². The zero-order valence-corrected chi connectivity index (χ0v) is 7.94. The van der Waals surface area contributed by atoms with Gasteiger partial charge in [-0.3, -0.25) is 0 Å². The van der Waals surface area contributed by atoms with Crippen LogP contribution in [-0.2, 0) is 0 Å². The topological polar surface area (TPSA) is 43.6 Å². The van der Waals surface area contributed by atoms with Gasteiger partial charge in [-0.05, 0) is 22.0 Å². The minimum absolute atomic E-state index is 0.463. The summed E-state index contributed by atoms with van der Waals surface area (Å²) < 4.78 is 14.6. The van der Waals surface area contributed by atoms with Crippen LogP contribution in [0.2, 0.25) is 0 Å². The van der Waals surface area contributed by atoms with Crippen molar-refractivity contribution in [3.8, 4) is 5.69 Å². The third kappa shape index (κ3) is 1.72. The Kier molecular flexibility index (Phi) is 2.05. The summed E-state index contributed by atoms with van der Waals surface area (Å²) in [5.74, 6) is -0.538. The van der Waals surface area contributed by atoms with Crippen molar-refractivity contribution < 1.29 is 4.39 Å². The Bertz CT molecular complexity index is 428. The quantitative estimate of drug-likeness (QED) is 0.714. The molecule has 6 heteroatoms. The summed E-state index contributed by atoms with van der Waals surface area (Å²) in [7, 11) is 0. The number of hydrogen-bond donors (Lipinski definition) is 0. The second-order valence-electron chi connectivity index (χ2n) is 2.29. The van der Waals surface area contributed by atoms with Crippen LogP contribution in [-0.4, -0.2) is 19.7 Å². The Hall–Kier alpha value is -1.30. The normalized spacial score (nSPS) is 10.3. The lowest BCUT2D eigenvalue weighted by Crippen LogP contribution is -1.95. The molecule has 0 aliphatic heterocycles. The number of rotatable bonds is 1. The van der Waals surface area contributed by atoms with Crippen molar-refractivity contribution in [1.29, 1.82) is 0 Å². The van der Waals surface area contributed by atoms with E-state index in [4.69, 9.17) is 0 Å². The molecule has 0 fully saturated rings. The van der Waals surface area contributed by atoms with E-state index in [2.05, 4.69) is 31.0 Å². The second kappa shape index (κ2) is 3.21. The first-order valence-electron chi connectivity index (χ1n) is 3.45. The number of pyridine rings is 1. The highest BCUT2D eigenvalue weighted by molar-refractivity contribution is 9.10. The van der Waals surface area contributed by atoms with Crippen molar-refractivity contribution >= 4 is 15.9 Å². The maximum Gasteiger partial charge on any atom is 0.217 e. The number of aromatic nitrogens is 4. The van der Waals surface area contributed by atoms with Crippen LogP contribution in [0.1, 0.15) is 0 Å². The van der Waals surface area contributed by atoms with Gasteiger partial charge in [0.15, 0.2) is 0 Å². The van der Waals surface area contributed by atoms with E-state index in [1.807, 2.05) is 0 Å². The summed E-state index contributed by atoms with van der Waals surface area (Å²) in [6.45, 7) is 0. The molecule has 0 saturated carbocycles. The second-order valence-corrected chi connectivity index (χ2v) is 3.00. The lowest BCUT2D eigenvalue weighted by molar-refractivity contribution is 0.581. The van der Waals surface area contributed by atoms with Gasteiger partial charge in [0.05, 0.1) is 5.69 Å². The highest BCUT2D eigenvalue weighted by Crippen LogP contribution is 2.07. The Morgan fingerprint density at radius 3 is 2.85 bits per heavy atom. The standard InChI is InChI=1S/C7H4BrFN4/c8-7-11-4-13(12-7)5-1-2-10-6(9)3-5/h1-4H. The van der Waals surface area contributed by atoms with Crippen LogP contribution in [0.5, 0.6) is 0 Å². The predicted molar refractivity (Wildman–Crippen MR) is 46.8 cm³/mol. The van der Waals surface area contributed by atoms with Gasteiger partial charge in [0.1, 0.15) is 6.33 Å². The Balaban J connectivity index is 2.46. The third-order valence-corrected chi connectivity index (χ3v) is 1.80. The molecule has 0 bridgehead atoms. The minimum atomic E-state index is -0.538. The Morgan fingerprint density at radius 2 is 2.23 bits per heavy atom. The van der Waals surface area contributed by atoms with Crippen molar-refractivity contribution in [3.05, 3.63) is 35.3 Å². The van der Waals surface area contributed by atoms with E-state index < -0.39 is 5.95 Å². The van der Waals surface area contributed by atoms with Gasteiger partial charge < -0.3 is 0 Å². The summed E-state index contributed by atoms with van der Waals surface area (Å²) in [6.07, 6.45) is 2.86. The molecule has 66 valence electrons. The molecule has 0 atom stereocenters. The third-order valence-electron chi connectivity index (χ3n) is 1.44. The zero-order valence-electron chi connectivity index (χ0n) is 6.35. The fourth-order valence-electron chi connectivity index (χ4n) is 0.902. The number of hydrogen-bond acceptors (Lipinski definition) is 3. The van der Waals surface area contributed by atoms with Crippen LogP contribution in [0.25, 0.3) is 5.69 Å². The number of halogens is 2. The van der Waals surface area contributed by atoms with Gasteiger partial charge in [-0.15, -0.1) is 5.10 Å². The lowest BCUT2D eigenvalue weighted by atomic mass is 10.4. The van der Waals surface area contributed by atoms with Crippen LogP contribution >= 0.6 is 15.9 Å². The predicted octanol–water partition coefficient (Wildman–Crippen LogP) is 1.56. The van der Waals surface area contributed by atoms with Gasteiger partial charge in [-0.2, -0.15) is 4.39 Å². The van der Waals surface area contributed by atoms with Crippen molar-refractivity contribution in [2.24, 2.45) is 0 Å². The van der Waals surface area contributed by atoms with E-state index in [-0.39, 0.29) is 0 Å². The van der Waals surface area contributed by atoms with Crippen LogP contribution in [0, 0.1) is 5.95 Å². The van der Waals surface area contributed by atoms with E-state index in [0.717, 1.165) is 0 Å². The molecule has 0 spiro atoms. The molecular weight excluding hydrogens is 239 g/mol. The molecule has 2 heterocycles. The molecule has 2 rings (SSSR count). The van der Waals surface area contributed by atoms with E-state index in [9.17, 15) is 4.39 Å². The van der Waals surface area contributed by atoms with Crippen LogP contribution < -0.4 is 0 Å².